The number of carbonyl (C=O) groups is 1. The van der Waals surface area contributed by atoms with E-state index in [1.807, 2.05) is 20.8 Å². The summed E-state index contributed by atoms with van der Waals surface area (Å²) < 4.78 is 16.9. The Labute approximate surface area is 131 Å². The quantitative estimate of drug-likeness (QED) is 0.805. The van der Waals surface area contributed by atoms with Crippen LogP contribution in [0.1, 0.15) is 34.1 Å². The maximum Gasteiger partial charge on any atom is 0.218 e. The van der Waals surface area contributed by atoms with E-state index in [9.17, 15) is 9.90 Å². The molecular weight excluding hydrogens is 284 g/mol. The molecule has 0 saturated carbocycles. The van der Waals surface area contributed by atoms with Gasteiger partial charge < -0.3 is 19.3 Å². The maximum absolute atomic E-state index is 12.3. The van der Waals surface area contributed by atoms with Gasteiger partial charge in [0.05, 0.1) is 17.6 Å². The highest BCUT2D eigenvalue weighted by Gasteiger charge is 2.64. The second kappa shape index (κ2) is 5.57. The van der Waals surface area contributed by atoms with Crippen LogP contribution < -0.4 is 0 Å². The Morgan fingerprint density at radius 2 is 2.09 bits per heavy atom. The summed E-state index contributed by atoms with van der Waals surface area (Å²) in [5.41, 5.74) is -1.03. The van der Waals surface area contributed by atoms with Crippen molar-refractivity contribution in [3.05, 3.63) is 23.8 Å². The van der Waals surface area contributed by atoms with E-state index >= 15 is 0 Å². The third kappa shape index (κ3) is 2.67. The zero-order chi connectivity index (χ0) is 16.8. The molecule has 5 nitrogen and oxygen atoms in total. The Hall–Kier alpha value is -1.01. The minimum atomic E-state index is -1.46. The molecule has 2 aliphatic rings. The van der Waals surface area contributed by atoms with Gasteiger partial charge in [0.2, 0.25) is 5.79 Å². The van der Waals surface area contributed by atoms with Crippen LogP contribution in [-0.2, 0) is 19.0 Å². The van der Waals surface area contributed by atoms with Crippen LogP contribution in [0.15, 0.2) is 23.8 Å². The third-order valence-corrected chi connectivity index (χ3v) is 4.76. The number of methoxy groups -OCH3 is 2. The molecule has 0 aromatic rings. The highest BCUT2D eigenvalue weighted by atomic mass is 16.7. The van der Waals surface area contributed by atoms with Gasteiger partial charge in [0, 0.05) is 14.2 Å². The van der Waals surface area contributed by atoms with Crippen LogP contribution in [0, 0.1) is 5.92 Å². The summed E-state index contributed by atoms with van der Waals surface area (Å²) >= 11 is 0. The molecule has 5 heteroatoms. The van der Waals surface area contributed by atoms with Gasteiger partial charge in [-0.1, -0.05) is 11.6 Å². The van der Waals surface area contributed by atoms with Crippen molar-refractivity contribution in [3.63, 3.8) is 0 Å². The molecule has 124 valence electrons. The smallest absolute Gasteiger partial charge is 0.218 e. The summed E-state index contributed by atoms with van der Waals surface area (Å²) in [6.45, 7) is 7.27. The van der Waals surface area contributed by atoms with Gasteiger partial charge in [-0.2, -0.15) is 0 Å². The lowest BCUT2D eigenvalue weighted by Gasteiger charge is -2.37. The first-order chi connectivity index (χ1) is 10.1. The van der Waals surface area contributed by atoms with Crippen LogP contribution in [0.25, 0.3) is 0 Å². The highest BCUT2D eigenvalue weighted by Crippen LogP contribution is 2.49. The lowest BCUT2D eigenvalue weighted by atomic mass is 9.75. The highest BCUT2D eigenvalue weighted by molar-refractivity contribution is 5.95. The fourth-order valence-corrected chi connectivity index (χ4v) is 3.23. The third-order valence-electron chi connectivity index (χ3n) is 4.76. The summed E-state index contributed by atoms with van der Waals surface area (Å²) in [4.78, 5) is 12.3. The molecule has 1 heterocycles. The minimum absolute atomic E-state index is 0.114. The van der Waals surface area contributed by atoms with Gasteiger partial charge >= 0.3 is 0 Å². The largest absolute Gasteiger partial charge is 0.383 e. The van der Waals surface area contributed by atoms with Gasteiger partial charge in [0.15, 0.2) is 5.78 Å². The molecule has 0 unspecified atom stereocenters. The number of ketones is 1. The monoisotopic (exact) mass is 310 g/mol. The number of carbonyl (C=O) groups excluding carboxylic acids is 1. The molecule has 0 radical (unpaired) electrons. The van der Waals surface area contributed by atoms with Gasteiger partial charge in [-0.15, -0.1) is 0 Å². The van der Waals surface area contributed by atoms with E-state index in [4.69, 9.17) is 14.2 Å². The number of ether oxygens (including phenoxy) is 3. The van der Waals surface area contributed by atoms with Crippen molar-refractivity contribution in [2.45, 2.75) is 57.2 Å². The average molecular weight is 310 g/mol. The first kappa shape index (κ1) is 17.3. The summed E-state index contributed by atoms with van der Waals surface area (Å²) in [6.07, 6.45) is 5.26. The van der Waals surface area contributed by atoms with Crippen molar-refractivity contribution in [1.29, 1.82) is 0 Å². The van der Waals surface area contributed by atoms with Crippen molar-refractivity contribution in [3.8, 4) is 0 Å². The normalized spacial score (nSPS) is 39.2. The summed E-state index contributed by atoms with van der Waals surface area (Å²) in [5.74, 6) is -2.12. The van der Waals surface area contributed by atoms with E-state index in [2.05, 4.69) is 0 Å². The number of allylic oxidation sites excluding steroid dienone is 1. The Morgan fingerprint density at radius 3 is 2.64 bits per heavy atom. The zero-order valence-electron chi connectivity index (χ0n) is 14.2. The van der Waals surface area contributed by atoms with E-state index in [-0.39, 0.29) is 11.9 Å². The molecule has 4 atom stereocenters. The van der Waals surface area contributed by atoms with E-state index < -0.39 is 22.9 Å². The standard InChI is InChI=1S/C17H26O5/c1-11-9-12(18)14-13(10-11)22-17(21-6,16(14,4)19)8-7-15(2,3)20-5/h7-9,13-14,19H,10H2,1-6H3/t13-,14+,16+,17-/m0/s1. The minimum Gasteiger partial charge on any atom is -0.383 e. The fourth-order valence-electron chi connectivity index (χ4n) is 3.23. The van der Waals surface area contributed by atoms with Gasteiger partial charge in [0.25, 0.3) is 0 Å². The van der Waals surface area contributed by atoms with Crippen molar-refractivity contribution in [2.75, 3.05) is 14.2 Å². The number of fused-ring (bicyclic) bond motifs is 1. The van der Waals surface area contributed by atoms with Crippen LogP contribution >= 0.6 is 0 Å². The zero-order valence-corrected chi connectivity index (χ0v) is 14.2. The summed E-state index contributed by atoms with van der Waals surface area (Å²) in [5, 5.41) is 11.0. The molecule has 1 aliphatic carbocycles. The second-order valence-corrected chi connectivity index (χ2v) is 6.89. The van der Waals surface area contributed by atoms with Gasteiger partial charge in [-0.3, -0.25) is 4.79 Å². The molecular formula is C17H26O5. The van der Waals surface area contributed by atoms with Crippen LogP contribution in [0.2, 0.25) is 0 Å². The van der Waals surface area contributed by atoms with Crippen LogP contribution in [0.5, 0.6) is 0 Å². The Bertz CT molecular complexity index is 517. The summed E-state index contributed by atoms with van der Waals surface area (Å²) in [6, 6.07) is 0. The number of aliphatic hydroxyl groups is 1. The molecule has 1 N–H and O–H groups in total. The Balaban J connectivity index is 2.41. The van der Waals surface area contributed by atoms with Crippen molar-refractivity contribution in [2.24, 2.45) is 5.92 Å². The van der Waals surface area contributed by atoms with Gasteiger partial charge in [-0.25, -0.2) is 0 Å². The Kier molecular flexibility index (Phi) is 4.39. The predicted octanol–water partition coefficient (Wildman–Crippen LogP) is 2.00. The molecule has 1 saturated heterocycles. The van der Waals surface area contributed by atoms with E-state index in [1.165, 1.54) is 7.11 Å². The lowest BCUT2D eigenvalue weighted by Crippen LogP contribution is -2.54. The van der Waals surface area contributed by atoms with Crippen LogP contribution in [-0.4, -0.2) is 48.2 Å². The Morgan fingerprint density at radius 1 is 1.45 bits per heavy atom. The van der Waals surface area contributed by atoms with Crippen LogP contribution in [0.4, 0.5) is 0 Å². The first-order valence-electron chi connectivity index (χ1n) is 7.50. The van der Waals surface area contributed by atoms with Gasteiger partial charge in [0.1, 0.15) is 5.60 Å². The van der Waals surface area contributed by atoms with Crippen molar-refractivity contribution >= 4 is 5.78 Å². The van der Waals surface area contributed by atoms with Gasteiger partial charge in [-0.05, 0) is 46.3 Å². The lowest BCUT2D eigenvalue weighted by molar-refractivity contribution is -0.242. The second-order valence-electron chi connectivity index (χ2n) is 6.89. The molecule has 0 aromatic heterocycles. The molecule has 1 aliphatic heterocycles. The topological polar surface area (TPSA) is 65.0 Å². The number of rotatable bonds is 4. The summed E-state index contributed by atoms with van der Waals surface area (Å²) in [7, 11) is 3.08. The molecule has 0 aromatic carbocycles. The maximum atomic E-state index is 12.3. The average Bonchev–Trinajstić information content (AvgIpc) is 2.64. The molecule has 2 rings (SSSR count). The first-order valence-corrected chi connectivity index (χ1v) is 7.50. The molecule has 1 fully saturated rings. The van der Waals surface area contributed by atoms with E-state index in [1.54, 1.807) is 32.3 Å². The molecule has 0 amide bonds. The predicted molar refractivity (Wildman–Crippen MR) is 82.3 cm³/mol. The SMILES string of the molecule is COC(C)(C)C=C[C@]1(OC)O[C@H]2CC(C)=CC(=O)[C@H]2[C@@]1(C)O. The molecule has 0 spiro atoms. The fraction of sp³-hybridized carbons (Fsp3) is 0.706. The molecule has 22 heavy (non-hydrogen) atoms. The van der Waals surface area contributed by atoms with Crippen molar-refractivity contribution < 1.29 is 24.1 Å². The van der Waals surface area contributed by atoms with E-state index in [0.29, 0.717) is 6.42 Å². The number of hydrogen-bond acceptors (Lipinski definition) is 5. The number of hydrogen-bond donors (Lipinski definition) is 1. The van der Waals surface area contributed by atoms with E-state index in [0.717, 1.165) is 5.57 Å². The van der Waals surface area contributed by atoms with Crippen molar-refractivity contribution in [1.82, 2.24) is 0 Å². The molecule has 0 bridgehead atoms. The van der Waals surface area contributed by atoms with Crippen LogP contribution in [0.3, 0.4) is 0 Å².